The van der Waals surface area contributed by atoms with Crippen molar-refractivity contribution in [3.63, 3.8) is 0 Å². The molecular weight excluding hydrogens is 556 g/mol. The summed E-state index contributed by atoms with van der Waals surface area (Å²) in [6.45, 7) is 7.66. The fourth-order valence-electron chi connectivity index (χ4n) is 4.97. The lowest BCUT2D eigenvalue weighted by atomic mass is 9.93. The maximum atomic E-state index is 13.7. The molecule has 3 aromatic carbocycles. The molecule has 0 bridgehead atoms. The van der Waals surface area contributed by atoms with E-state index in [4.69, 9.17) is 14.2 Å². The van der Waals surface area contributed by atoms with Crippen molar-refractivity contribution in [1.82, 2.24) is 10.2 Å². The second kappa shape index (κ2) is 14.9. The fourth-order valence-corrected chi connectivity index (χ4v) is 4.97. The second-order valence-electron chi connectivity index (χ2n) is 11.8. The third kappa shape index (κ3) is 9.50. The van der Waals surface area contributed by atoms with Gasteiger partial charge in [0, 0.05) is 25.7 Å². The molecule has 0 unspecified atom stereocenters. The maximum Gasteiger partial charge on any atom is 0.407 e. The van der Waals surface area contributed by atoms with Crippen molar-refractivity contribution in [2.75, 3.05) is 19.6 Å². The Hall–Kier alpha value is -5.02. The van der Waals surface area contributed by atoms with Crippen LogP contribution in [0.4, 0.5) is 4.79 Å². The Balaban J connectivity index is 1.41. The molecule has 228 valence electrons. The van der Waals surface area contributed by atoms with Gasteiger partial charge in [-0.2, -0.15) is 10.5 Å². The van der Waals surface area contributed by atoms with Crippen molar-refractivity contribution in [3.05, 3.63) is 94.5 Å². The number of nitrogens with one attached hydrogen (secondary N) is 1. The lowest BCUT2D eigenvalue weighted by Gasteiger charge is -2.32. The van der Waals surface area contributed by atoms with E-state index in [-0.39, 0.29) is 19.1 Å². The van der Waals surface area contributed by atoms with Gasteiger partial charge in [-0.15, -0.1) is 0 Å². The molecule has 1 aliphatic rings. The van der Waals surface area contributed by atoms with Crippen molar-refractivity contribution in [3.8, 4) is 23.6 Å². The molecule has 9 heteroatoms. The lowest BCUT2D eigenvalue weighted by Crippen LogP contribution is -2.39. The summed E-state index contributed by atoms with van der Waals surface area (Å²) in [4.78, 5) is 27.5. The van der Waals surface area contributed by atoms with Crippen LogP contribution in [0.15, 0.2) is 66.7 Å². The van der Waals surface area contributed by atoms with Crippen LogP contribution in [0, 0.1) is 28.6 Å². The summed E-state index contributed by atoms with van der Waals surface area (Å²) in [5.74, 6) is 1.20. The number of hydrogen-bond acceptors (Lipinski definition) is 7. The van der Waals surface area contributed by atoms with Crippen LogP contribution in [0.25, 0.3) is 0 Å². The van der Waals surface area contributed by atoms with Crippen molar-refractivity contribution in [2.45, 2.75) is 58.8 Å². The van der Waals surface area contributed by atoms with Gasteiger partial charge < -0.3 is 24.4 Å². The molecule has 0 radical (unpaired) electrons. The van der Waals surface area contributed by atoms with E-state index < -0.39 is 11.7 Å². The van der Waals surface area contributed by atoms with E-state index in [9.17, 15) is 20.1 Å². The first-order valence-electron chi connectivity index (χ1n) is 14.8. The highest BCUT2D eigenvalue weighted by Gasteiger charge is 2.26. The summed E-state index contributed by atoms with van der Waals surface area (Å²) in [6.07, 6.45) is 2.07. The maximum absolute atomic E-state index is 13.7. The number of rotatable bonds is 10. The molecule has 0 aromatic heterocycles. The highest BCUT2D eigenvalue weighted by Crippen LogP contribution is 2.30. The van der Waals surface area contributed by atoms with Crippen LogP contribution in [0.5, 0.6) is 11.5 Å². The molecule has 2 amide bonds. The predicted octanol–water partition coefficient (Wildman–Crippen LogP) is 6.35. The van der Waals surface area contributed by atoms with Crippen LogP contribution in [-0.4, -0.2) is 42.1 Å². The summed E-state index contributed by atoms with van der Waals surface area (Å²) in [6, 6.07) is 23.8. The van der Waals surface area contributed by atoms with E-state index in [1.54, 1.807) is 48.5 Å². The van der Waals surface area contributed by atoms with E-state index in [2.05, 4.69) is 17.5 Å². The Morgan fingerprint density at radius 2 is 1.50 bits per heavy atom. The monoisotopic (exact) mass is 594 g/mol. The fraction of sp³-hybridized carbons (Fsp3) is 0.371. The molecule has 1 saturated heterocycles. The Morgan fingerprint density at radius 1 is 0.886 bits per heavy atom. The molecule has 0 atom stereocenters. The minimum atomic E-state index is -0.534. The summed E-state index contributed by atoms with van der Waals surface area (Å²) < 4.78 is 17.5. The predicted molar refractivity (Wildman–Crippen MR) is 165 cm³/mol. The number of piperidine rings is 1. The van der Waals surface area contributed by atoms with Crippen LogP contribution in [0.2, 0.25) is 0 Å². The summed E-state index contributed by atoms with van der Waals surface area (Å²) in [7, 11) is 0. The van der Waals surface area contributed by atoms with Gasteiger partial charge in [0.25, 0.3) is 5.91 Å². The zero-order valence-corrected chi connectivity index (χ0v) is 25.5. The number of nitrogens with zero attached hydrogens (tertiary/aromatic N) is 3. The van der Waals surface area contributed by atoms with Crippen LogP contribution >= 0.6 is 0 Å². The molecule has 1 heterocycles. The van der Waals surface area contributed by atoms with Gasteiger partial charge in [-0.1, -0.05) is 24.3 Å². The number of carbonyl (C=O) groups is 2. The van der Waals surface area contributed by atoms with Crippen molar-refractivity contribution < 1.29 is 23.8 Å². The van der Waals surface area contributed by atoms with Gasteiger partial charge in [0.1, 0.15) is 30.3 Å². The molecule has 1 fully saturated rings. The Morgan fingerprint density at radius 3 is 2.09 bits per heavy atom. The normalized spacial score (nSPS) is 13.3. The van der Waals surface area contributed by atoms with Gasteiger partial charge in [-0.05, 0) is 93.5 Å². The quantitative estimate of drug-likeness (QED) is 0.290. The lowest BCUT2D eigenvalue weighted by molar-refractivity contribution is 0.0522. The Labute approximate surface area is 259 Å². The van der Waals surface area contributed by atoms with Gasteiger partial charge in [0.15, 0.2) is 0 Å². The Kier molecular flexibility index (Phi) is 10.8. The molecule has 0 saturated carbocycles. The molecular formula is C35H38N4O5. The minimum Gasteiger partial charge on any atom is -0.489 e. The number of likely N-dealkylation sites (tertiary alicyclic amines) is 1. The summed E-state index contributed by atoms with van der Waals surface area (Å²) >= 11 is 0. The standard InChI is InChI=1S/C35H38N4O5/c1-35(2,3)44-34(41)38-15-12-25-13-16-39(17-14-25)33(40)31-11-10-30(42-23-28-8-4-6-26(18-28)21-36)20-32(31)43-24-29-9-5-7-27(19-29)22-37/h4-11,18-20,25H,12-17,23-24H2,1-3H3,(H,38,41). The number of benzene rings is 3. The number of carbonyl (C=O) groups excluding carboxylic acids is 2. The molecule has 0 aliphatic carbocycles. The number of nitriles is 2. The molecule has 1 aliphatic heterocycles. The summed E-state index contributed by atoms with van der Waals surface area (Å²) in [5, 5.41) is 21.3. The minimum absolute atomic E-state index is 0.121. The Bertz CT molecular complexity index is 1540. The van der Waals surface area contributed by atoms with Crippen LogP contribution in [-0.2, 0) is 18.0 Å². The zero-order chi connectivity index (χ0) is 31.5. The molecule has 44 heavy (non-hydrogen) atoms. The molecule has 0 spiro atoms. The van der Waals surface area contributed by atoms with E-state index >= 15 is 0 Å². The highest BCUT2D eigenvalue weighted by molar-refractivity contribution is 5.97. The van der Waals surface area contributed by atoms with Crippen molar-refractivity contribution >= 4 is 12.0 Å². The van der Waals surface area contributed by atoms with Gasteiger partial charge in [0.05, 0.1) is 28.8 Å². The van der Waals surface area contributed by atoms with Crippen LogP contribution in [0.3, 0.4) is 0 Å². The largest absolute Gasteiger partial charge is 0.489 e. The second-order valence-corrected chi connectivity index (χ2v) is 11.8. The SMILES string of the molecule is CC(C)(C)OC(=O)NCCC1CCN(C(=O)c2ccc(OCc3cccc(C#N)c3)cc2OCc2cccc(C#N)c2)CC1. The topological polar surface area (TPSA) is 125 Å². The molecule has 3 aromatic rings. The zero-order valence-electron chi connectivity index (χ0n) is 25.5. The van der Waals surface area contributed by atoms with Crippen molar-refractivity contribution in [1.29, 1.82) is 10.5 Å². The van der Waals surface area contributed by atoms with Crippen LogP contribution in [0.1, 0.15) is 72.6 Å². The number of alkyl carbamates (subject to hydrolysis) is 1. The average molecular weight is 595 g/mol. The van der Waals surface area contributed by atoms with E-state index in [1.165, 1.54) is 0 Å². The summed E-state index contributed by atoms with van der Waals surface area (Å²) in [5.41, 5.74) is 2.65. The van der Waals surface area contributed by atoms with Gasteiger partial charge >= 0.3 is 6.09 Å². The first-order chi connectivity index (χ1) is 21.1. The number of ether oxygens (including phenoxy) is 3. The van der Waals surface area contributed by atoms with E-state index in [1.807, 2.05) is 43.9 Å². The van der Waals surface area contributed by atoms with E-state index in [0.717, 1.165) is 30.4 Å². The average Bonchev–Trinajstić information content (AvgIpc) is 3.02. The molecule has 9 nitrogen and oxygen atoms in total. The number of hydrogen-bond donors (Lipinski definition) is 1. The third-order valence-corrected chi connectivity index (χ3v) is 7.22. The van der Waals surface area contributed by atoms with E-state index in [0.29, 0.717) is 53.7 Å². The van der Waals surface area contributed by atoms with Crippen molar-refractivity contribution in [2.24, 2.45) is 5.92 Å². The first kappa shape index (κ1) is 31.9. The molecule has 4 rings (SSSR count). The van der Waals surface area contributed by atoms with Gasteiger partial charge in [-0.25, -0.2) is 4.79 Å². The highest BCUT2D eigenvalue weighted by atomic mass is 16.6. The van der Waals surface area contributed by atoms with Gasteiger partial charge in [0.2, 0.25) is 0 Å². The third-order valence-electron chi connectivity index (χ3n) is 7.22. The smallest absolute Gasteiger partial charge is 0.407 e. The van der Waals surface area contributed by atoms with Crippen LogP contribution < -0.4 is 14.8 Å². The van der Waals surface area contributed by atoms with Gasteiger partial charge in [-0.3, -0.25) is 4.79 Å². The number of amides is 2. The first-order valence-corrected chi connectivity index (χ1v) is 14.8. The molecule has 1 N–H and O–H groups in total.